The maximum absolute atomic E-state index is 12.9. The molecular weight excluding hydrogens is 566 g/mol. The highest BCUT2D eigenvalue weighted by Crippen LogP contribution is 2.36. The second-order valence-corrected chi connectivity index (χ2v) is 11.2. The van der Waals surface area contributed by atoms with E-state index < -0.39 is 16.0 Å². The van der Waals surface area contributed by atoms with Gasteiger partial charge in [-0.25, -0.2) is 0 Å². The summed E-state index contributed by atoms with van der Waals surface area (Å²) in [5.41, 5.74) is 2.30. The van der Waals surface area contributed by atoms with E-state index in [0.717, 1.165) is 27.4 Å². The first-order valence-corrected chi connectivity index (χ1v) is 14.0. The van der Waals surface area contributed by atoms with Crippen LogP contribution in [0.25, 0.3) is 6.08 Å². The van der Waals surface area contributed by atoms with E-state index in [4.69, 9.17) is 8.92 Å². The molecule has 3 aromatic carbocycles. The molecule has 3 aromatic rings. The predicted octanol–water partition coefficient (Wildman–Crippen LogP) is 6.16. The molecule has 0 unspecified atom stereocenters. The Morgan fingerprint density at radius 2 is 1.72 bits per heavy atom. The molecule has 1 fully saturated rings. The number of imide groups is 1. The number of hydrogen-bond acceptors (Lipinski definition) is 7. The second-order valence-electron chi connectivity index (χ2n) is 7.85. The highest BCUT2D eigenvalue weighted by atomic mass is 79.9. The van der Waals surface area contributed by atoms with Crippen LogP contribution in [0.3, 0.4) is 0 Å². The minimum atomic E-state index is -4.07. The highest BCUT2D eigenvalue weighted by Gasteiger charge is 2.35. The number of thioether (sulfide) groups is 1. The van der Waals surface area contributed by atoms with Gasteiger partial charge in [-0.1, -0.05) is 57.9 Å². The van der Waals surface area contributed by atoms with E-state index in [1.807, 2.05) is 31.2 Å². The number of hydrogen-bond donors (Lipinski definition) is 0. The summed E-state index contributed by atoms with van der Waals surface area (Å²) in [6.45, 7) is 4.04. The van der Waals surface area contributed by atoms with Crippen LogP contribution >= 0.6 is 27.7 Å². The van der Waals surface area contributed by atoms with Crippen molar-refractivity contribution in [3.05, 3.63) is 92.8 Å². The largest absolute Gasteiger partial charge is 0.490 e. The topological polar surface area (TPSA) is 90.0 Å². The van der Waals surface area contributed by atoms with Crippen LogP contribution in [0.2, 0.25) is 0 Å². The van der Waals surface area contributed by atoms with E-state index in [2.05, 4.69) is 15.9 Å². The van der Waals surface area contributed by atoms with E-state index in [1.54, 1.807) is 37.3 Å². The van der Waals surface area contributed by atoms with Gasteiger partial charge in [0.05, 0.1) is 18.1 Å². The smallest absolute Gasteiger partial charge is 0.339 e. The number of nitrogens with zero attached hydrogens (tertiary/aromatic N) is 1. The van der Waals surface area contributed by atoms with E-state index in [1.165, 1.54) is 23.1 Å². The van der Waals surface area contributed by atoms with Crippen LogP contribution in [0.4, 0.5) is 4.79 Å². The molecule has 1 saturated heterocycles. The van der Waals surface area contributed by atoms with Gasteiger partial charge in [0, 0.05) is 4.47 Å². The van der Waals surface area contributed by atoms with E-state index >= 15 is 0 Å². The third-order valence-corrected chi connectivity index (χ3v) is 8.16. The molecule has 0 N–H and O–H groups in total. The van der Waals surface area contributed by atoms with Crippen LogP contribution < -0.4 is 8.92 Å². The zero-order chi connectivity index (χ0) is 25.9. The molecule has 0 atom stereocenters. The molecule has 4 rings (SSSR count). The minimum absolute atomic E-state index is 0.0246. The lowest BCUT2D eigenvalue weighted by atomic mass is 10.1. The zero-order valence-electron chi connectivity index (χ0n) is 19.4. The Morgan fingerprint density at radius 1 is 1.00 bits per heavy atom. The molecule has 7 nitrogen and oxygen atoms in total. The maximum Gasteiger partial charge on any atom is 0.339 e. The van der Waals surface area contributed by atoms with Crippen molar-refractivity contribution < 1.29 is 26.9 Å². The number of aryl methyl sites for hydroxylation is 1. The standard InChI is InChI=1S/C26H22BrNO6S2/c1-3-33-23-14-18(10-13-22(23)34-36(31,32)20-11-8-17(2)9-12-20)15-24-25(29)28(26(30)35-24)16-19-6-4-5-7-21(19)27/h4-15H,3,16H2,1-2H3/b24-15-. The average molecular weight is 589 g/mol. The summed E-state index contributed by atoms with van der Waals surface area (Å²) in [6, 6.07) is 18.4. The Kier molecular flexibility index (Phi) is 7.87. The number of carbonyl (C=O) groups is 2. The quantitative estimate of drug-likeness (QED) is 0.230. The summed E-state index contributed by atoms with van der Waals surface area (Å²) < 4.78 is 37.3. The van der Waals surface area contributed by atoms with Gasteiger partial charge in [0.1, 0.15) is 4.90 Å². The summed E-state index contributed by atoms with van der Waals surface area (Å²) in [6.07, 6.45) is 1.58. The van der Waals surface area contributed by atoms with Gasteiger partial charge in [-0.2, -0.15) is 8.42 Å². The van der Waals surface area contributed by atoms with Crippen molar-refractivity contribution in [3.8, 4) is 11.5 Å². The van der Waals surface area contributed by atoms with Crippen molar-refractivity contribution in [1.82, 2.24) is 4.90 Å². The molecule has 10 heteroatoms. The van der Waals surface area contributed by atoms with Crippen molar-refractivity contribution in [2.24, 2.45) is 0 Å². The fourth-order valence-electron chi connectivity index (χ4n) is 3.41. The molecule has 36 heavy (non-hydrogen) atoms. The summed E-state index contributed by atoms with van der Waals surface area (Å²) >= 11 is 4.29. The molecule has 0 bridgehead atoms. The van der Waals surface area contributed by atoms with Crippen LogP contribution in [-0.4, -0.2) is 31.1 Å². The Hall–Kier alpha value is -3.08. The van der Waals surface area contributed by atoms with Crippen molar-refractivity contribution >= 4 is 55.0 Å². The lowest BCUT2D eigenvalue weighted by Crippen LogP contribution is -2.27. The SMILES string of the molecule is CCOc1cc(/C=C2\SC(=O)N(Cc3ccccc3Br)C2=O)ccc1OS(=O)(=O)c1ccc(C)cc1. The Bertz CT molecular complexity index is 1450. The molecule has 0 saturated carbocycles. The minimum Gasteiger partial charge on any atom is -0.490 e. The fourth-order valence-corrected chi connectivity index (χ4v) is 5.60. The highest BCUT2D eigenvalue weighted by molar-refractivity contribution is 9.10. The Balaban J connectivity index is 1.58. The average Bonchev–Trinajstić information content (AvgIpc) is 3.09. The monoisotopic (exact) mass is 587 g/mol. The molecule has 0 aromatic heterocycles. The third-order valence-electron chi connectivity index (χ3n) is 5.23. The summed E-state index contributed by atoms with van der Waals surface area (Å²) in [4.78, 5) is 27.0. The van der Waals surface area contributed by atoms with Crippen molar-refractivity contribution in [2.75, 3.05) is 6.61 Å². The van der Waals surface area contributed by atoms with Gasteiger partial charge < -0.3 is 8.92 Å². The zero-order valence-corrected chi connectivity index (χ0v) is 22.7. The lowest BCUT2D eigenvalue weighted by molar-refractivity contribution is -0.123. The number of ether oxygens (including phenoxy) is 1. The first kappa shape index (κ1) is 26.0. The van der Waals surface area contributed by atoms with Gasteiger partial charge in [0.2, 0.25) is 0 Å². The predicted molar refractivity (Wildman–Crippen MR) is 142 cm³/mol. The van der Waals surface area contributed by atoms with Crippen LogP contribution in [0, 0.1) is 6.92 Å². The van der Waals surface area contributed by atoms with Gasteiger partial charge in [-0.15, -0.1) is 0 Å². The first-order valence-electron chi connectivity index (χ1n) is 10.9. The van der Waals surface area contributed by atoms with Crippen LogP contribution in [0.15, 0.2) is 81.0 Å². The number of amides is 2. The van der Waals surface area contributed by atoms with Crippen molar-refractivity contribution in [2.45, 2.75) is 25.3 Å². The van der Waals surface area contributed by atoms with Gasteiger partial charge in [-0.05, 0) is 73.1 Å². The van der Waals surface area contributed by atoms with Crippen LogP contribution in [0.5, 0.6) is 11.5 Å². The number of halogens is 1. The molecule has 1 heterocycles. The summed E-state index contributed by atoms with van der Waals surface area (Å²) in [5.74, 6) is -0.174. The molecule has 186 valence electrons. The normalized spacial score (nSPS) is 15.0. The van der Waals surface area contributed by atoms with Crippen LogP contribution in [0.1, 0.15) is 23.6 Å². The number of carbonyl (C=O) groups excluding carboxylic acids is 2. The molecule has 0 spiro atoms. The lowest BCUT2D eigenvalue weighted by Gasteiger charge is -2.14. The van der Waals surface area contributed by atoms with Crippen molar-refractivity contribution in [1.29, 1.82) is 0 Å². The van der Waals surface area contributed by atoms with Gasteiger partial charge in [0.25, 0.3) is 11.1 Å². The Morgan fingerprint density at radius 3 is 2.42 bits per heavy atom. The second kappa shape index (κ2) is 10.9. The van der Waals surface area contributed by atoms with Gasteiger partial charge >= 0.3 is 10.1 Å². The maximum atomic E-state index is 12.9. The van der Waals surface area contributed by atoms with Crippen molar-refractivity contribution in [3.63, 3.8) is 0 Å². The molecule has 0 aliphatic carbocycles. The fraction of sp³-hybridized carbons (Fsp3) is 0.154. The molecule has 1 aliphatic heterocycles. The van der Waals surface area contributed by atoms with Crippen LogP contribution in [-0.2, 0) is 21.5 Å². The summed E-state index contributed by atoms with van der Waals surface area (Å²) in [5, 5.41) is -0.365. The molecule has 0 radical (unpaired) electrons. The van der Waals surface area contributed by atoms with Gasteiger partial charge in [-0.3, -0.25) is 14.5 Å². The Labute approximate surface area is 222 Å². The molecular formula is C26H22BrNO6S2. The van der Waals surface area contributed by atoms with E-state index in [0.29, 0.717) is 5.56 Å². The first-order chi connectivity index (χ1) is 17.2. The third kappa shape index (κ3) is 5.83. The number of rotatable bonds is 8. The van der Waals surface area contributed by atoms with E-state index in [9.17, 15) is 18.0 Å². The summed E-state index contributed by atoms with van der Waals surface area (Å²) in [7, 11) is -4.07. The van der Waals surface area contributed by atoms with Gasteiger partial charge in [0.15, 0.2) is 11.5 Å². The number of benzene rings is 3. The molecule has 2 amide bonds. The van der Waals surface area contributed by atoms with E-state index in [-0.39, 0.29) is 39.7 Å². The molecule has 1 aliphatic rings.